The lowest BCUT2D eigenvalue weighted by molar-refractivity contribution is 0.0671. The molecule has 1 aliphatic heterocycles. The van der Waals surface area contributed by atoms with Gasteiger partial charge in [-0.05, 0) is 12.8 Å². The summed E-state index contributed by atoms with van der Waals surface area (Å²) in [4.78, 5) is 13.9. The number of methoxy groups -OCH3 is 1. The van der Waals surface area contributed by atoms with Gasteiger partial charge < -0.3 is 14.7 Å². The summed E-state index contributed by atoms with van der Waals surface area (Å²) in [6.45, 7) is 0.693. The third-order valence-corrected chi connectivity index (χ3v) is 3.11. The summed E-state index contributed by atoms with van der Waals surface area (Å²) in [6.07, 6.45) is 1.78. The quantitative estimate of drug-likeness (QED) is 0.807. The Morgan fingerprint density at radius 3 is 3.06 bits per heavy atom. The largest absolute Gasteiger partial charge is 0.481 e. The second-order valence-corrected chi connectivity index (χ2v) is 4.17. The molecule has 6 heteroatoms. The third-order valence-electron chi connectivity index (χ3n) is 3.11. The van der Waals surface area contributed by atoms with Gasteiger partial charge in [0.25, 0.3) is 5.91 Å². The van der Waals surface area contributed by atoms with E-state index in [2.05, 4.69) is 5.10 Å². The SMILES string of the molecule is COc1cc(C(=O)N2CCC[C@@H]2CO)nn1C. The molecule has 0 unspecified atom stereocenters. The Morgan fingerprint density at radius 1 is 1.71 bits per heavy atom. The van der Waals surface area contributed by atoms with Crippen LogP contribution in [0, 0.1) is 0 Å². The first-order valence-electron chi connectivity index (χ1n) is 5.67. The van der Waals surface area contributed by atoms with Gasteiger partial charge in [0.05, 0.1) is 19.8 Å². The molecule has 1 aliphatic rings. The lowest BCUT2D eigenvalue weighted by Gasteiger charge is -2.21. The van der Waals surface area contributed by atoms with Crippen LogP contribution in [0.3, 0.4) is 0 Å². The van der Waals surface area contributed by atoms with Crippen LogP contribution in [-0.4, -0.2) is 52.0 Å². The first-order valence-corrected chi connectivity index (χ1v) is 5.67. The van der Waals surface area contributed by atoms with Gasteiger partial charge in [0.15, 0.2) is 5.69 Å². The fourth-order valence-electron chi connectivity index (χ4n) is 2.19. The van der Waals surface area contributed by atoms with Gasteiger partial charge in [-0.1, -0.05) is 0 Å². The standard InChI is InChI=1S/C11H17N3O3/c1-13-10(17-2)6-9(12-13)11(16)14-5-3-4-8(14)7-15/h6,8,15H,3-5,7H2,1-2H3/t8-/m1/s1. The maximum absolute atomic E-state index is 12.2. The van der Waals surface area contributed by atoms with Crippen LogP contribution in [0.15, 0.2) is 6.07 Å². The molecule has 1 aromatic heterocycles. The molecular formula is C11H17N3O3. The fourth-order valence-corrected chi connectivity index (χ4v) is 2.19. The molecule has 17 heavy (non-hydrogen) atoms. The Bertz CT molecular complexity index is 416. The van der Waals surface area contributed by atoms with Crippen molar-refractivity contribution in [3.8, 4) is 5.88 Å². The Morgan fingerprint density at radius 2 is 2.47 bits per heavy atom. The van der Waals surface area contributed by atoms with Gasteiger partial charge in [-0.25, -0.2) is 4.68 Å². The molecule has 1 atom stereocenters. The molecule has 0 radical (unpaired) electrons. The highest BCUT2D eigenvalue weighted by Crippen LogP contribution is 2.20. The van der Waals surface area contributed by atoms with Crippen LogP contribution in [0.25, 0.3) is 0 Å². The van der Waals surface area contributed by atoms with Gasteiger partial charge in [0, 0.05) is 19.7 Å². The molecular weight excluding hydrogens is 222 g/mol. The van der Waals surface area contributed by atoms with Crippen LogP contribution in [-0.2, 0) is 7.05 Å². The number of aromatic nitrogens is 2. The fraction of sp³-hybridized carbons (Fsp3) is 0.636. The summed E-state index contributed by atoms with van der Waals surface area (Å²) in [6, 6.07) is 1.55. The minimum atomic E-state index is -0.138. The first-order chi connectivity index (χ1) is 8.17. The van der Waals surface area contributed by atoms with Crippen LogP contribution < -0.4 is 4.74 Å². The van der Waals surface area contributed by atoms with E-state index in [1.54, 1.807) is 18.0 Å². The van der Waals surface area contributed by atoms with Crippen molar-refractivity contribution in [1.82, 2.24) is 14.7 Å². The summed E-state index contributed by atoms with van der Waals surface area (Å²) in [5, 5.41) is 13.3. The zero-order valence-electron chi connectivity index (χ0n) is 10.1. The van der Waals surface area contributed by atoms with Crippen molar-refractivity contribution in [3.63, 3.8) is 0 Å². The van der Waals surface area contributed by atoms with Crippen molar-refractivity contribution in [2.45, 2.75) is 18.9 Å². The zero-order chi connectivity index (χ0) is 12.4. The summed E-state index contributed by atoms with van der Waals surface area (Å²) >= 11 is 0. The van der Waals surface area contributed by atoms with Crippen LogP contribution in [0.2, 0.25) is 0 Å². The van der Waals surface area contributed by atoms with E-state index in [9.17, 15) is 9.90 Å². The molecule has 0 aliphatic carbocycles. The Labute approximate surface area is 99.8 Å². The third kappa shape index (κ3) is 2.12. The van der Waals surface area contributed by atoms with E-state index in [1.165, 1.54) is 11.8 Å². The highest BCUT2D eigenvalue weighted by Gasteiger charge is 2.30. The molecule has 1 amide bonds. The highest BCUT2D eigenvalue weighted by molar-refractivity contribution is 5.93. The van der Waals surface area contributed by atoms with Crippen LogP contribution >= 0.6 is 0 Å². The van der Waals surface area contributed by atoms with Gasteiger partial charge in [0.1, 0.15) is 0 Å². The summed E-state index contributed by atoms with van der Waals surface area (Å²) < 4.78 is 6.60. The predicted octanol–water partition coefficient (Wildman–Crippen LogP) is 0.0256. The number of aliphatic hydroxyl groups is 1. The smallest absolute Gasteiger partial charge is 0.274 e. The zero-order valence-corrected chi connectivity index (χ0v) is 10.1. The average Bonchev–Trinajstić information content (AvgIpc) is 2.93. The van der Waals surface area contributed by atoms with Gasteiger partial charge in [0.2, 0.25) is 5.88 Å². The molecule has 0 aromatic carbocycles. The molecule has 1 fully saturated rings. The maximum Gasteiger partial charge on any atom is 0.274 e. The Hall–Kier alpha value is -1.56. The van der Waals surface area contributed by atoms with Gasteiger partial charge >= 0.3 is 0 Å². The Kier molecular flexibility index (Phi) is 3.33. The minimum Gasteiger partial charge on any atom is -0.481 e. The lowest BCUT2D eigenvalue weighted by atomic mass is 10.2. The topological polar surface area (TPSA) is 67.6 Å². The van der Waals surface area contributed by atoms with E-state index in [0.717, 1.165) is 12.8 Å². The molecule has 0 bridgehead atoms. The number of hydrogen-bond acceptors (Lipinski definition) is 4. The molecule has 2 heterocycles. The number of ether oxygens (including phenoxy) is 1. The first kappa shape index (κ1) is 11.9. The van der Waals surface area contributed by atoms with E-state index in [-0.39, 0.29) is 18.6 Å². The monoisotopic (exact) mass is 239 g/mol. The highest BCUT2D eigenvalue weighted by atomic mass is 16.5. The number of amides is 1. The second kappa shape index (κ2) is 4.75. The number of nitrogens with zero attached hydrogens (tertiary/aromatic N) is 3. The van der Waals surface area contributed by atoms with E-state index in [1.807, 2.05) is 0 Å². The molecule has 1 N–H and O–H groups in total. The Balaban J connectivity index is 2.18. The number of carbonyl (C=O) groups is 1. The summed E-state index contributed by atoms with van der Waals surface area (Å²) in [5.74, 6) is 0.411. The van der Waals surface area contributed by atoms with E-state index in [0.29, 0.717) is 18.1 Å². The molecule has 94 valence electrons. The minimum absolute atomic E-state index is 0.00963. The van der Waals surface area contributed by atoms with Crippen molar-refractivity contribution < 1.29 is 14.6 Å². The van der Waals surface area contributed by atoms with Crippen LogP contribution in [0.5, 0.6) is 5.88 Å². The number of rotatable bonds is 3. The van der Waals surface area contributed by atoms with Crippen molar-refractivity contribution in [2.24, 2.45) is 7.05 Å². The maximum atomic E-state index is 12.2. The molecule has 1 aromatic rings. The summed E-state index contributed by atoms with van der Waals surface area (Å²) in [7, 11) is 3.26. The molecule has 6 nitrogen and oxygen atoms in total. The van der Waals surface area contributed by atoms with Crippen molar-refractivity contribution in [2.75, 3.05) is 20.3 Å². The molecule has 2 rings (SSSR count). The normalized spacial score (nSPS) is 19.7. The second-order valence-electron chi connectivity index (χ2n) is 4.17. The van der Waals surface area contributed by atoms with Gasteiger partial charge in [-0.15, -0.1) is 0 Å². The number of aryl methyl sites for hydroxylation is 1. The van der Waals surface area contributed by atoms with E-state index in [4.69, 9.17) is 4.74 Å². The molecule has 0 spiro atoms. The van der Waals surface area contributed by atoms with E-state index >= 15 is 0 Å². The summed E-state index contributed by atoms with van der Waals surface area (Å²) in [5.41, 5.74) is 0.365. The van der Waals surface area contributed by atoms with E-state index < -0.39 is 0 Å². The molecule has 0 saturated carbocycles. The number of hydrogen-bond donors (Lipinski definition) is 1. The molecule has 1 saturated heterocycles. The predicted molar refractivity (Wildman–Crippen MR) is 60.9 cm³/mol. The van der Waals surface area contributed by atoms with Crippen LogP contribution in [0.4, 0.5) is 0 Å². The van der Waals surface area contributed by atoms with Gasteiger partial charge in [-0.2, -0.15) is 5.10 Å². The van der Waals surface area contributed by atoms with Crippen LogP contribution in [0.1, 0.15) is 23.3 Å². The number of likely N-dealkylation sites (tertiary alicyclic amines) is 1. The number of carbonyl (C=O) groups excluding carboxylic acids is 1. The van der Waals surface area contributed by atoms with Gasteiger partial charge in [-0.3, -0.25) is 4.79 Å². The van der Waals surface area contributed by atoms with Crippen molar-refractivity contribution in [1.29, 1.82) is 0 Å². The van der Waals surface area contributed by atoms with Crippen molar-refractivity contribution >= 4 is 5.91 Å². The number of aliphatic hydroxyl groups excluding tert-OH is 1. The van der Waals surface area contributed by atoms with Crippen molar-refractivity contribution in [3.05, 3.63) is 11.8 Å². The average molecular weight is 239 g/mol. The lowest BCUT2D eigenvalue weighted by Crippen LogP contribution is -2.37.